The van der Waals surface area contributed by atoms with E-state index >= 15 is 0 Å². The molecule has 0 saturated heterocycles. The van der Waals surface area contributed by atoms with Gasteiger partial charge in [0, 0.05) is 61.8 Å². The normalized spacial score (nSPS) is 9.31. The Morgan fingerprint density at radius 3 is 1.12 bits per heavy atom. The van der Waals surface area contributed by atoms with Crippen molar-refractivity contribution in [3.8, 4) is 35.8 Å². The van der Waals surface area contributed by atoms with Gasteiger partial charge in [-0.2, -0.15) is 10.5 Å². The Kier molecular flexibility index (Phi) is 6.83. The van der Waals surface area contributed by atoms with Crippen LogP contribution in [0, 0.1) is 46.3 Å². The maximum absolute atomic E-state index is 9.42. The van der Waals surface area contributed by atoms with Crippen LogP contribution in [0.4, 0.5) is 11.4 Å². The van der Waals surface area contributed by atoms with E-state index in [1.165, 1.54) is 0 Å². The second kappa shape index (κ2) is 9.91. The van der Waals surface area contributed by atoms with E-state index in [4.69, 9.17) is 0 Å². The Labute approximate surface area is 189 Å². The molecule has 0 amide bonds. The van der Waals surface area contributed by atoms with Gasteiger partial charge in [0.05, 0.1) is 11.1 Å². The fourth-order valence-corrected chi connectivity index (χ4v) is 2.96. The summed E-state index contributed by atoms with van der Waals surface area (Å²) < 4.78 is 0. The van der Waals surface area contributed by atoms with Crippen LogP contribution in [0.1, 0.15) is 33.4 Å². The van der Waals surface area contributed by atoms with Crippen LogP contribution >= 0.6 is 0 Å². The molecule has 3 rings (SSSR count). The van der Waals surface area contributed by atoms with Gasteiger partial charge in [0.1, 0.15) is 12.1 Å². The zero-order valence-corrected chi connectivity index (χ0v) is 18.6. The molecule has 3 aromatic rings. The fraction of sp³-hybridized carbons (Fsp3) is 0.143. The summed E-state index contributed by atoms with van der Waals surface area (Å²) in [6.45, 7) is 0. The van der Waals surface area contributed by atoms with Gasteiger partial charge in [-0.3, -0.25) is 0 Å². The van der Waals surface area contributed by atoms with E-state index in [9.17, 15) is 10.5 Å². The second-order valence-corrected chi connectivity index (χ2v) is 7.55. The van der Waals surface area contributed by atoms with Gasteiger partial charge in [-0.15, -0.1) is 0 Å². The number of hydrogen-bond acceptors (Lipinski definition) is 4. The van der Waals surface area contributed by atoms with E-state index in [0.29, 0.717) is 22.3 Å². The van der Waals surface area contributed by atoms with Crippen molar-refractivity contribution in [2.24, 2.45) is 0 Å². The van der Waals surface area contributed by atoms with Crippen molar-refractivity contribution in [2.75, 3.05) is 38.0 Å². The van der Waals surface area contributed by atoms with Gasteiger partial charge in [0.2, 0.25) is 0 Å². The van der Waals surface area contributed by atoms with Crippen LogP contribution in [-0.2, 0) is 0 Å². The highest BCUT2D eigenvalue weighted by molar-refractivity contribution is 5.62. The molecule has 154 valence electrons. The summed E-state index contributed by atoms with van der Waals surface area (Å²) in [6.07, 6.45) is 0. The molecule has 32 heavy (non-hydrogen) atoms. The van der Waals surface area contributed by atoms with Crippen LogP contribution in [0.15, 0.2) is 60.7 Å². The predicted octanol–water partition coefficient (Wildman–Crippen LogP) is 4.36. The third-order valence-corrected chi connectivity index (χ3v) is 4.85. The molecule has 0 bridgehead atoms. The molecule has 0 N–H and O–H groups in total. The predicted molar refractivity (Wildman–Crippen MR) is 129 cm³/mol. The number of rotatable bonds is 2. The molecule has 0 saturated carbocycles. The highest BCUT2D eigenvalue weighted by Crippen LogP contribution is 2.17. The van der Waals surface area contributed by atoms with Crippen molar-refractivity contribution in [3.05, 3.63) is 94.0 Å². The summed E-state index contributed by atoms with van der Waals surface area (Å²) in [6, 6.07) is 23.2. The summed E-state index contributed by atoms with van der Waals surface area (Å²) in [7, 11) is 7.94. The van der Waals surface area contributed by atoms with Crippen molar-refractivity contribution in [3.63, 3.8) is 0 Å². The summed E-state index contributed by atoms with van der Waals surface area (Å²) in [5, 5.41) is 18.8. The Balaban J connectivity index is 2.01. The third-order valence-electron chi connectivity index (χ3n) is 4.85. The Hall–Kier alpha value is -4.64. The van der Waals surface area contributed by atoms with Gasteiger partial charge in [0.15, 0.2) is 0 Å². The number of anilines is 2. The van der Waals surface area contributed by atoms with Crippen molar-refractivity contribution in [1.29, 1.82) is 10.5 Å². The molecule has 3 aromatic carbocycles. The Morgan fingerprint density at radius 2 is 0.844 bits per heavy atom. The zero-order valence-electron chi connectivity index (χ0n) is 18.6. The van der Waals surface area contributed by atoms with E-state index in [1.807, 2.05) is 86.5 Å². The smallest absolute Gasteiger partial charge is 0.101 e. The van der Waals surface area contributed by atoms with Crippen LogP contribution in [0.3, 0.4) is 0 Å². The number of hydrogen-bond donors (Lipinski definition) is 0. The van der Waals surface area contributed by atoms with Crippen molar-refractivity contribution >= 4 is 11.4 Å². The molecule has 0 aliphatic carbocycles. The first-order chi connectivity index (χ1) is 15.4. The first-order valence-electron chi connectivity index (χ1n) is 9.98. The maximum atomic E-state index is 9.42. The lowest BCUT2D eigenvalue weighted by atomic mass is 9.99. The number of benzene rings is 3. The monoisotopic (exact) mass is 414 g/mol. The van der Waals surface area contributed by atoms with Crippen LogP contribution in [0.2, 0.25) is 0 Å². The highest BCUT2D eigenvalue weighted by Gasteiger charge is 2.07. The Morgan fingerprint density at radius 1 is 0.500 bits per heavy atom. The molecule has 4 heteroatoms. The van der Waals surface area contributed by atoms with E-state index in [1.54, 1.807) is 12.1 Å². The largest absolute Gasteiger partial charge is 0.378 e. The topological polar surface area (TPSA) is 54.1 Å². The van der Waals surface area contributed by atoms with E-state index in [2.05, 4.69) is 35.8 Å². The van der Waals surface area contributed by atoms with E-state index < -0.39 is 0 Å². The molecule has 0 atom stereocenters. The lowest BCUT2D eigenvalue weighted by molar-refractivity contribution is 1.13. The third kappa shape index (κ3) is 5.29. The van der Waals surface area contributed by atoms with Crippen LogP contribution in [0.25, 0.3) is 0 Å². The molecule has 0 radical (unpaired) electrons. The van der Waals surface area contributed by atoms with Crippen molar-refractivity contribution in [1.82, 2.24) is 0 Å². The molecular formula is C28H22N4. The van der Waals surface area contributed by atoms with E-state index in [-0.39, 0.29) is 0 Å². The van der Waals surface area contributed by atoms with Gasteiger partial charge in [-0.1, -0.05) is 23.7 Å². The molecule has 4 nitrogen and oxygen atoms in total. The quantitative estimate of drug-likeness (QED) is 0.585. The number of nitriles is 2. The molecule has 0 aliphatic heterocycles. The average Bonchev–Trinajstić information content (AvgIpc) is 2.81. The van der Waals surface area contributed by atoms with Crippen molar-refractivity contribution in [2.45, 2.75) is 0 Å². The summed E-state index contributed by atoms with van der Waals surface area (Å²) in [5.74, 6) is 12.5. The SMILES string of the molecule is CN(C)c1ccc(C#Cc2cc(C#N)c(C#N)cc2C#Cc2ccc(N(C)C)cc2)cc1. The lowest BCUT2D eigenvalue weighted by Gasteiger charge is -2.11. The minimum atomic E-state index is 0.292. The minimum absolute atomic E-state index is 0.292. The molecule has 0 spiro atoms. The lowest BCUT2D eigenvalue weighted by Crippen LogP contribution is -2.07. The first kappa shape index (κ1) is 22.1. The van der Waals surface area contributed by atoms with E-state index in [0.717, 1.165) is 22.5 Å². The summed E-state index contributed by atoms with van der Waals surface area (Å²) >= 11 is 0. The summed E-state index contributed by atoms with van der Waals surface area (Å²) in [4.78, 5) is 4.05. The van der Waals surface area contributed by atoms with Gasteiger partial charge in [-0.25, -0.2) is 0 Å². The van der Waals surface area contributed by atoms with Gasteiger partial charge < -0.3 is 9.80 Å². The van der Waals surface area contributed by atoms with Crippen LogP contribution < -0.4 is 9.80 Å². The first-order valence-corrected chi connectivity index (χ1v) is 9.98. The maximum Gasteiger partial charge on any atom is 0.101 e. The van der Waals surface area contributed by atoms with Crippen LogP contribution in [-0.4, -0.2) is 28.2 Å². The van der Waals surface area contributed by atoms with Gasteiger partial charge in [0.25, 0.3) is 0 Å². The molecule has 0 aromatic heterocycles. The average molecular weight is 415 g/mol. The van der Waals surface area contributed by atoms with Gasteiger partial charge >= 0.3 is 0 Å². The van der Waals surface area contributed by atoms with Crippen molar-refractivity contribution < 1.29 is 0 Å². The standard InChI is InChI=1S/C28H22N4/c1-31(2)27-13-7-21(8-14-27)5-11-23-17-25(19-29)26(20-30)18-24(23)12-6-22-9-15-28(16-10-22)32(3)4/h7-10,13-18H,1-4H3. The van der Waals surface area contributed by atoms with Gasteiger partial charge in [-0.05, 0) is 60.7 Å². The fourth-order valence-electron chi connectivity index (χ4n) is 2.96. The molecular weight excluding hydrogens is 392 g/mol. The molecule has 0 aliphatic rings. The second-order valence-electron chi connectivity index (χ2n) is 7.55. The zero-order chi connectivity index (χ0) is 23.1. The number of nitrogens with zero attached hydrogens (tertiary/aromatic N) is 4. The summed E-state index contributed by atoms with van der Waals surface area (Å²) in [5.41, 5.74) is 5.72. The highest BCUT2D eigenvalue weighted by atomic mass is 15.1. The Bertz CT molecular complexity index is 1220. The molecule has 0 heterocycles. The minimum Gasteiger partial charge on any atom is -0.378 e. The molecule has 0 unspecified atom stereocenters. The van der Waals surface area contributed by atoms with Crippen LogP contribution in [0.5, 0.6) is 0 Å². The molecule has 0 fully saturated rings.